The second-order valence-corrected chi connectivity index (χ2v) is 17.9. The number of carbonyl (C=O) groups is 3. The van der Waals surface area contributed by atoms with Crippen LogP contribution in [0.2, 0.25) is 0 Å². The monoisotopic (exact) mass is 646 g/mol. The van der Waals surface area contributed by atoms with Crippen molar-refractivity contribution in [2.45, 2.75) is 156 Å². The summed E-state index contributed by atoms with van der Waals surface area (Å²) in [5.41, 5.74) is -2.00. The topological polar surface area (TPSA) is 129 Å². The number of aldehydes is 2. The van der Waals surface area contributed by atoms with Gasteiger partial charge < -0.3 is 34.0 Å². The van der Waals surface area contributed by atoms with Crippen molar-refractivity contribution in [2.75, 3.05) is 6.61 Å². The normalized spacial score (nSPS) is 50.0. The maximum atomic E-state index is 12.6. The predicted molar refractivity (Wildman–Crippen MR) is 169 cm³/mol. The molecule has 9 nitrogen and oxygen atoms in total. The highest BCUT2D eigenvalue weighted by atomic mass is 16.7. The molecule has 0 radical (unpaired) electrons. The minimum atomic E-state index is -1.29. The van der Waals surface area contributed by atoms with Gasteiger partial charge in [-0.15, -0.1) is 0 Å². The molecule has 260 valence electrons. The SMILES string of the molecule is CC(=O)OC(C1CC(C)C2(C)C(O1)C(O)C1(C)C3CCC4C(C)(C)C(OC(C=O)OCC=O)CCC45CC35CCC21C)C(C)(C)O. The van der Waals surface area contributed by atoms with E-state index in [-0.39, 0.29) is 51.1 Å². The molecule has 9 heteroatoms. The second kappa shape index (κ2) is 10.8. The summed E-state index contributed by atoms with van der Waals surface area (Å²) < 4.78 is 24.2. The average Bonchev–Trinajstić information content (AvgIpc) is 3.62. The first-order chi connectivity index (χ1) is 21.3. The number of aliphatic hydroxyl groups excluding tert-OH is 1. The van der Waals surface area contributed by atoms with E-state index in [1.807, 2.05) is 0 Å². The zero-order valence-corrected chi connectivity index (χ0v) is 29.5. The number of carbonyl (C=O) groups excluding carboxylic acids is 3. The third kappa shape index (κ3) is 4.26. The minimum absolute atomic E-state index is 0.144. The van der Waals surface area contributed by atoms with E-state index in [2.05, 4.69) is 41.5 Å². The van der Waals surface area contributed by atoms with Crippen molar-refractivity contribution in [3.63, 3.8) is 0 Å². The van der Waals surface area contributed by atoms with Crippen molar-refractivity contribution in [2.24, 2.45) is 50.2 Å². The maximum Gasteiger partial charge on any atom is 0.303 e. The Morgan fingerprint density at radius 1 is 1.00 bits per heavy atom. The van der Waals surface area contributed by atoms with Crippen molar-refractivity contribution in [3.8, 4) is 0 Å². The van der Waals surface area contributed by atoms with Gasteiger partial charge in [0.2, 0.25) is 6.29 Å². The predicted octanol–water partition coefficient (Wildman–Crippen LogP) is 5.02. The number of esters is 1. The van der Waals surface area contributed by atoms with Gasteiger partial charge in [0.05, 0.1) is 30.0 Å². The molecule has 2 spiro atoms. The van der Waals surface area contributed by atoms with Crippen LogP contribution in [-0.2, 0) is 33.3 Å². The van der Waals surface area contributed by atoms with Gasteiger partial charge in [0.1, 0.15) is 12.9 Å². The van der Waals surface area contributed by atoms with Crippen LogP contribution in [0, 0.1) is 50.2 Å². The van der Waals surface area contributed by atoms with Crippen LogP contribution in [0.1, 0.15) is 114 Å². The van der Waals surface area contributed by atoms with E-state index < -0.39 is 42.3 Å². The third-order valence-electron chi connectivity index (χ3n) is 15.8. The molecule has 0 aromatic rings. The smallest absolute Gasteiger partial charge is 0.303 e. The first-order valence-electron chi connectivity index (χ1n) is 17.7. The van der Waals surface area contributed by atoms with E-state index in [0.717, 1.165) is 44.9 Å². The quantitative estimate of drug-likeness (QED) is 0.202. The summed E-state index contributed by atoms with van der Waals surface area (Å²) in [5.74, 6) is 0.489. The van der Waals surface area contributed by atoms with Gasteiger partial charge in [0.25, 0.3) is 0 Å². The molecule has 6 rings (SSSR count). The van der Waals surface area contributed by atoms with Crippen LogP contribution in [0.3, 0.4) is 0 Å². The van der Waals surface area contributed by atoms with Crippen LogP contribution in [0.15, 0.2) is 0 Å². The molecule has 0 bridgehead atoms. The molecule has 1 saturated heterocycles. The average molecular weight is 647 g/mol. The molecular formula is C37H58O9. The van der Waals surface area contributed by atoms with Crippen molar-refractivity contribution >= 4 is 18.5 Å². The summed E-state index contributed by atoms with van der Waals surface area (Å²) in [6, 6.07) is 0. The van der Waals surface area contributed by atoms with Gasteiger partial charge >= 0.3 is 5.97 Å². The fourth-order valence-corrected chi connectivity index (χ4v) is 13.4. The molecule has 6 fully saturated rings. The summed E-state index contributed by atoms with van der Waals surface area (Å²) in [6.45, 7) is 18.4. The lowest BCUT2D eigenvalue weighted by Crippen LogP contribution is -2.62. The van der Waals surface area contributed by atoms with Crippen molar-refractivity contribution in [1.29, 1.82) is 0 Å². The number of ether oxygens (including phenoxy) is 4. The number of rotatable bonds is 9. The first kappa shape index (κ1) is 34.5. The molecule has 14 atom stereocenters. The summed E-state index contributed by atoms with van der Waals surface area (Å²) in [6.07, 6.45) is 5.48. The highest BCUT2D eigenvalue weighted by Gasteiger charge is 2.86. The van der Waals surface area contributed by atoms with Gasteiger partial charge in [-0.05, 0) is 105 Å². The largest absolute Gasteiger partial charge is 0.457 e. The molecule has 6 aliphatic rings. The number of hydrogen-bond acceptors (Lipinski definition) is 9. The van der Waals surface area contributed by atoms with Gasteiger partial charge in [-0.25, -0.2) is 0 Å². The Morgan fingerprint density at radius 3 is 2.26 bits per heavy atom. The van der Waals surface area contributed by atoms with Crippen LogP contribution in [-0.4, -0.2) is 77.8 Å². The Morgan fingerprint density at radius 2 is 1.65 bits per heavy atom. The lowest BCUT2D eigenvalue weighted by atomic mass is 9.39. The maximum absolute atomic E-state index is 12.6. The lowest BCUT2D eigenvalue weighted by molar-refractivity contribution is -0.239. The molecular weight excluding hydrogens is 588 g/mol. The van der Waals surface area contributed by atoms with E-state index in [9.17, 15) is 24.6 Å². The molecule has 0 aromatic carbocycles. The molecule has 46 heavy (non-hydrogen) atoms. The van der Waals surface area contributed by atoms with E-state index >= 15 is 0 Å². The Bertz CT molecular complexity index is 1240. The second-order valence-electron chi connectivity index (χ2n) is 17.9. The van der Waals surface area contributed by atoms with E-state index in [1.54, 1.807) is 13.8 Å². The summed E-state index contributed by atoms with van der Waals surface area (Å²) in [5, 5.41) is 23.7. The van der Waals surface area contributed by atoms with E-state index in [1.165, 1.54) is 6.92 Å². The molecule has 0 aromatic heterocycles. The minimum Gasteiger partial charge on any atom is -0.457 e. The summed E-state index contributed by atoms with van der Waals surface area (Å²) in [4.78, 5) is 34.7. The Labute approximate surface area is 274 Å². The highest BCUT2D eigenvalue weighted by molar-refractivity contribution is 5.66. The highest BCUT2D eigenvalue weighted by Crippen LogP contribution is 2.90. The fraction of sp³-hybridized carbons (Fsp3) is 0.919. The summed E-state index contributed by atoms with van der Waals surface area (Å²) in [7, 11) is 0. The van der Waals surface area contributed by atoms with Crippen molar-refractivity contribution < 1.29 is 43.5 Å². The Kier molecular flexibility index (Phi) is 8.10. The molecule has 14 unspecified atom stereocenters. The van der Waals surface area contributed by atoms with Gasteiger partial charge in [-0.2, -0.15) is 0 Å². The van der Waals surface area contributed by atoms with Gasteiger partial charge in [0.15, 0.2) is 12.4 Å². The molecule has 5 aliphatic carbocycles. The van der Waals surface area contributed by atoms with Crippen LogP contribution in [0.5, 0.6) is 0 Å². The number of fused-ring (bicyclic) bond motifs is 4. The van der Waals surface area contributed by atoms with Gasteiger partial charge in [-0.1, -0.05) is 41.5 Å². The molecule has 1 aliphatic heterocycles. The molecule has 1 heterocycles. The van der Waals surface area contributed by atoms with Crippen LogP contribution >= 0.6 is 0 Å². The molecule has 5 saturated carbocycles. The molecule has 0 amide bonds. The number of hydrogen-bond donors (Lipinski definition) is 2. The fourth-order valence-electron chi connectivity index (χ4n) is 13.4. The first-order valence-corrected chi connectivity index (χ1v) is 17.7. The summed E-state index contributed by atoms with van der Waals surface area (Å²) >= 11 is 0. The van der Waals surface area contributed by atoms with Crippen molar-refractivity contribution in [3.05, 3.63) is 0 Å². The lowest BCUT2D eigenvalue weighted by Gasteiger charge is -2.65. The van der Waals surface area contributed by atoms with E-state index in [4.69, 9.17) is 18.9 Å². The zero-order valence-electron chi connectivity index (χ0n) is 29.5. The van der Waals surface area contributed by atoms with Crippen molar-refractivity contribution in [1.82, 2.24) is 0 Å². The Balaban J connectivity index is 1.30. The third-order valence-corrected chi connectivity index (χ3v) is 15.8. The molecule has 2 N–H and O–H groups in total. The standard InChI is InChI=1S/C37H58O9/c1-21-18-23(29(32(5,6)42)44-22(2)40)45-30-28(41)35(9)25-11-10-24-31(3,4)26(46-27(19-39)43-17-16-38)12-13-36(24)20-37(25,36)15-14-33(35,7)34(21,30)8/h16,19,21,23-30,41-42H,10-15,17-18,20H2,1-9H3. The number of aliphatic hydroxyl groups is 2. The van der Waals surface area contributed by atoms with Gasteiger partial charge in [-0.3, -0.25) is 9.59 Å². The Hall–Kier alpha value is -1.39. The van der Waals surface area contributed by atoms with E-state index in [0.29, 0.717) is 30.8 Å². The van der Waals surface area contributed by atoms with Crippen LogP contribution in [0.4, 0.5) is 0 Å². The zero-order chi connectivity index (χ0) is 33.9. The van der Waals surface area contributed by atoms with Gasteiger partial charge in [0, 0.05) is 17.8 Å². The van der Waals surface area contributed by atoms with Crippen LogP contribution in [0.25, 0.3) is 0 Å². The van der Waals surface area contributed by atoms with Crippen LogP contribution < -0.4 is 0 Å².